The predicted octanol–water partition coefficient (Wildman–Crippen LogP) is 3.21. The molecule has 2 nitrogen and oxygen atoms in total. The van der Waals surface area contributed by atoms with Gasteiger partial charge in [0.2, 0.25) is 0 Å². The lowest BCUT2D eigenvalue weighted by Crippen LogP contribution is -1.95. The van der Waals surface area contributed by atoms with Crippen molar-refractivity contribution in [2.24, 2.45) is 0 Å². The second-order valence-corrected chi connectivity index (χ2v) is 3.58. The van der Waals surface area contributed by atoms with Gasteiger partial charge in [-0.05, 0) is 36.1 Å². The number of hydrogen-bond donors (Lipinski definition) is 1. The van der Waals surface area contributed by atoms with Crippen LogP contribution in [0.4, 0.5) is 5.69 Å². The van der Waals surface area contributed by atoms with Crippen LogP contribution in [0, 0.1) is 0 Å². The highest BCUT2D eigenvalue weighted by atomic mass is 16.5. The minimum Gasteiger partial charge on any atom is -0.494 e. The number of anilines is 1. The zero-order valence-electron chi connectivity index (χ0n) is 8.86. The van der Waals surface area contributed by atoms with Crippen LogP contribution in [0.5, 0.6) is 5.75 Å². The smallest absolute Gasteiger partial charge is 0.119 e. The third kappa shape index (κ3) is 2.04. The molecule has 0 aliphatic carbocycles. The van der Waals surface area contributed by atoms with Crippen molar-refractivity contribution in [3.05, 3.63) is 36.4 Å². The number of fused-ring (bicyclic) bond motifs is 1. The number of benzene rings is 2. The maximum atomic E-state index is 5.87. The molecule has 0 bridgehead atoms. The highest BCUT2D eigenvalue weighted by molar-refractivity contribution is 5.93. The van der Waals surface area contributed by atoms with Crippen LogP contribution in [-0.4, -0.2) is 6.61 Å². The number of nitrogen functional groups attached to an aromatic ring is 1. The monoisotopic (exact) mass is 201 g/mol. The molecule has 0 spiro atoms. The molecule has 2 aromatic rings. The molecule has 0 fully saturated rings. The first kappa shape index (κ1) is 9.84. The normalized spacial score (nSPS) is 10.5. The fraction of sp³-hybridized carbons (Fsp3) is 0.231. The summed E-state index contributed by atoms with van der Waals surface area (Å²) in [7, 11) is 0. The molecular weight excluding hydrogens is 186 g/mol. The summed E-state index contributed by atoms with van der Waals surface area (Å²) >= 11 is 0. The topological polar surface area (TPSA) is 35.2 Å². The summed E-state index contributed by atoms with van der Waals surface area (Å²) in [5.41, 5.74) is 6.68. The van der Waals surface area contributed by atoms with Crippen LogP contribution in [0.2, 0.25) is 0 Å². The molecule has 0 atom stereocenters. The molecule has 0 heterocycles. The van der Waals surface area contributed by atoms with Crippen molar-refractivity contribution < 1.29 is 4.74 Å². The van der Waals surface area contributed by atoms with Gasteiger partial charge in [-0.15, -0.1) is 0 Å². The standard InChI is InChI=1S/C13H15NO/c1-2-8-15-11-6-7-12-10(9-11)4-3-5-13(12)14/h3-7,9H,2,8,14H2,1H3. The SMILES string of the molecule is CCCOc1ccc2c(N)cccc2c1. The van der Waals surface area contributed by atoms with Crippen molar-refractivity contribution in [3.63, 3.8) is 0 Å². The van der Waals surface area contributed by atoms with E-state index in [1.807, 2.05) is 36.4 Å². The molecular formula is C13H15NO. The second-order valence-electron chi connectivity index (χ2n) is 3.58. The Hall–Kier alpha value is -1.70. The zero-order valence-corrected chi connectivity index (χ0v) is 8.86. The fourth-order valence-electron chi connectivity index (χ4n) is 1.60. The Morgan fingerprint density at radius 3 is 2.87 bits per heavy atom. The van der Waals surface area contributed by atoms with E-state index >= 15 is 0 Å². The van der Waals surface area contributed by atoms with Crippen molar-refractivity contribution in [2.75, 3.05) is 12.3 Å². The van der Waals surface area contributed by atoms with Crippen LogP contribution in [0.15, 0.2) is 36.4 Å². The first-order chi connectivity index (χ1) is 7.31. The van der Waals surface area contributed by atoms with Crippen molar-refractivity contribution in [2.45, 2.75) is 13.3 Å². The molecule has 2 rings (SSSR count). The largest absolute Gasteiger partial charge is 0.494 e. The molecule has 0 aliphatic rings. The van der Waals surface area contributed by atoms with E-state index in [1.165, 1.54) is 0 Å². The number of rotatable bonds is 3. The third-order valence-corrected chi connectivity index (χ3v) is 2.36. The van der Waals surface area contributed by atoms with Crippen LogP contribution in [0.3, 0.4) is 0 Å². The molecule has 0 saturated carbocycles. The van der Waals surface area contributed by atoms with Crippen LogP contribution < -0.4 is 10.5 Å². The molecule has 78 valence electrons. The minimum atomic E-state index is 0.758. The average molecular weight is 201 g/mol. The molecule has 0 aromatic heterocycles. The van der Waals surface area contributed by atoms with Gasteiger partial charge in [0.1, 0.15) is 5.75 Å². The zero-order chi connectivity index (χ0) is 10.7. The maximum absolute atomic E-state index is 5.87. The van der Waals surface area contributed by atoms with Gasteiger partial charge < -0.3 is 10.5 Å². The van der Waals surface area contributed by atoms with Crippen LogP contribution in [-0.2, 0) is 0 Å². The van der Waals surface area contributed by atoms with E-state index in [0.717, 1.165) is 35.2 Å². The number of hydrogen-bond acceptors (Lipinski definition) is 2. The predicted molar refractivity (Wildman–Crippen MR) is 64.1 cm³/mol. The van der Waals surface area contributed by atoms with Crippen LogP contribution in [0.1, 0.15) is 13.3 Å². The van der Waals surface area contributed by atoms with E-state index in [0.29, 0.717) is 0 Å². The number of nitrogens with two attached hydrogens (primary N) is 1. The lowest BCUT2D eigenvalue weighted by Gasteiger charge is -2.06. The lowest BCUT2D eigenvalue weighted by atomic mass is 10.1. The molecule has 0 radical (unpaired) electrons. The third-order valence-electron chi connectivity index (χ3n) is 2.36. The summed E-state index contributed by atoms with van der Waals surface area (Å²) < 4.78 is 5.56. The van der Waals surface area contributed by atoms with Gasteiger partial charge in [0.15, 0.2) is 0 Å². The van der Waals surface area contributed by atoms with Crippen molar-refractivity contribution >= 4 is 16.5 Å². The molecule has 0 unspecified atom stereocenters. The van der Waals surface area contributed by atoms with Gasteiger partial charge in [0.05, 0.1) is 6.61 Å². The fourth-order valence-corrected chi connectivity index (χ4v) is 1.60. The summed E-state index contributed by atoms with van der Waals surface area (Å²) in [5, 5.41) is 2.21. The van der Waals surface area contributed by atoms with Gasteiger partial charge in [0, 0.05) is 11.1 Å². The molecule has 0 amide bonds. The van der Waals surface area contributed by atoms with Crippen LogP contribution >= 0.6 is 0 Å². The van der Waals surface area contributed by atoms with Gasteiger partial charge in [-0.1, -0.05) is 19.1 Å². The van der Waals surface area contributed by atoms with E-state index in [9.17, 15) is 0 Å². The Balaban J connectivity index is 2.39. The Bertz CT molecular complexity index is 465. The van der Waals surface area contributed by atoms with Gasteiger partial charge in [-0.25, -0.2) is 0 Å². The van der Waals surface area contributed by atoms with E-state index in [2.05, 4.69) is 6.92 Å². The minimum absolute atomic E-state index is 0.758. The highest BCUT2D eigenvalue weighted by Crippen LogP contribution is 2.25. The van der Waals surface area contributed by atoms with Gasteiger partial charge in [0.25, 0.3) is 0 Å². The average Bonchev–Trinajstić information content (AvgIpc) is 2.26. The first-order valence-electron chi connectivity index (χ1n) is 5.22. The van der Waals surface area contributed by atoms with Crippen molar-refractivity contribution in [1.82, 2.24) is 0 Å². The molecule has 0 saturated heterocycles. The molecule has 15 heavy (non-hydrogen) atoms. The Morgan fingerprint density at radius 2 is 2.07 bits per heavy atom. The molecule has 2 aromatic carbocycles. The van der Waals surface area contributed by atoms with E-state index in [-0.39, 0.29) is 0 Å². The number of ether oxygens (including phenoxy) is 1. The molecule has 2 N–H and O–H groups in total. The summed E-state index contributed by atoms with van der Waals surface area (Å²) in [5.74, 6) is 0.912. The Morgan fingerprint density at radius 1 is 1.20 bits per heavy atom. The van der Waals surface area contributed by atoms with E-state index in [1.54, 1.807) is 0 Å². The van der Waals surface area contributed by atoms with Gasteiger partial charge in [-0.2, -0.15) is 0 Å². The van der Waals surface area contributed by atoms with Crippen molar-refractivity contribution in [1.29, 1.82) is 0 Å². The molecule has 2 heteroatoms. The quantitative estimate of drug-likeness (QED) is 0.774. The van der Waals surface area contributed by atoms with E-state index < -0.39 is 0 Å². The lowest BCUT2D eigenvalue weighted by molar-refractivity contribution is 0.318. The van der Waals surface area contributed by atoms with Crippen LogP contribution in [0.25, 0.3) is 10.8 Å². The maximum Gasteiger partial charge on any atom is 0.119 e. The second kappa shape index (κ2) is 4.22. The summed E-state index contributed by atoms with van der Waals surface area (Å²) in [6.45, 7) is 2.85. The summed E-state index contributed by atoms with van der Waals surface area (Å²) in [6.07, 6.45) is 1.02. The first-order valence-corrected chi connectivity index (χ1v) is 5.22. The summed E-state index contributed by atoms with van der Waals surface area (Å²) in [4.78, 5) is 0. The molecule has 0 aliphatic heterocycles. The Labute approximate surface area is 89.7 Å². The summed E-state index contributed by atoms with van der Waals surface area (Å²) in [6, 6.07) is 11.9. The van der Waals surface area contributed by atoms with Gasteiger partial charge in [-0.3, -0.25) is 0 Å². The Kier molecular flexibility index (Phi) is 2.77. The van der Waals surface area contributed by atoms with Gasteiger partial charge >= 0.3 is 0 Å². The van der Waals surface area contributed by atoms with E-state index in [4.69, 9.17) is 10.5 Å². The highest BCUT2D eigenvalue weighted by Gasteiger charge is 1.99. The van der Waals surface area contributed by atoms with Crippen molar-refractivity contribution in [3.8, 4) is 5.75 Å².